The number of fused-ring (bicyclic) bond motifs is 3. The molecule has 0 spiro atoms. The number of anilines is 1. The quantitative estimate of drug-likeness (QED) is 0.477. The van der Waals surface area contributed by atoms with E-state index in [0.29, 0.717) is 12.2 Å². The summed E-state index contributed by atoms with van der Waals surface area (Å²) >= 11 is 0. The maximum atomic E-state index is 13.1. The highest BCUT2D eigenvalue weighted by atomic mass is 19.1. The first kappa shape index (κ1) is 9.23. The Bertz CT molecular complexity index is 568. The van der Waals surface area contributed by atoms with Crippen molar-refractivity contribution in [2.24, 2.45) is 5.84 Å². The van der Waals surface area contributed by atoms with Crippen LogP contribution in [0.1, 0.15) is 11.1 Å². The van der Waals surface area contributed by atoms with Crippen molar-refractivity contribution >= 4 is 5.82 Å². The van der Waals surface area contributed by atoms with Crippen molar-refractivity contribution in [1.29, 1.82) is 0 Å². The van der Waals surface area contributed by atoms with Crippen molar-refractivity contribution in [3.8, 4) is 11.3 Å². The van der Waals surface area contributed by atoms with E-state index in [2.05, 4.69) is 15.6 Å². The van der Waals surface area contributed by atoms with Gasteiger partial charge < -0.3 is 5.43 Å². The minimum absolute atomic E-state index is 0.225. The van der Waals surface area contributed by atoms with Gasteiger partial charge in [0.15, 0.2) is 5.82 Å². The van der Waals surface area contributed by atoms with Gasteiger partial charge in [0, 0.05) is 12.0 Å². The SMILES string of the molecule is NNc1cc2c(nn1)-c1ccc(F)cc1C2. The predicted molar refractivity (Wildman–Crippen MR) is 58.0 cm³/mol. The van der Waals surface area contributed by atoms with Crippen molar-refractivity contribution in [3.05, 3.63) is 41.2 Å². The summed E-state index contributed by atoms with van der Waals surface area (Å²) < 4.78 is 13.1. The zero-order chi connectivity index (χ0) is 11.1. The molecule has 1 aliphatic rings. The normalized spacial score (nSPS) is 12.1. The Morgan fingerprint density at radius 2 is 2.06 bits per heavy atom. The van der Waals surface area contributed by atoms with Gasteiger partial charge >= 0.3 is 0 Å². The van der Waals surface area contributed by atoms with Crippen LogP contribution < -0.4 is 11.3 Å². The molecule has 1 heterocycles. The van der Waals surface area contributed by atoms with Crippen molar-refractivity contribution in [2.75, 3.05) is 5.43 Å². The van der Waals surface area contributed by atoms with Crippen molar-refractivity contribution < 1.29 is 4.39 Å². The maximum absolute atomic E-state index is 13.1. The van der Waals surface area contributed by atoms with Crippen LogP contribution in [0.15, 0.2) is 24.3 Å². The van der Waals surface area contributed by atoms with Gasteiger partial charge in [0.1, 0.15) is 5.82 Å². The standard InChI is InChI=1S/C11H9FN4/c12-8-1-2-9-6(4-8)3-7-5-10(14-13)15-16-11(7)9/h1-2,4-5H,3,13H2,(H,14,15). The summed E-state index contributed by atoms with van der Waals surface area (Å²) in [5.41, 5.74) is 6.17. The molecular formula is C11H9FN4. The fourth-order valence-corrected chi connectivity index (χ4v) is 2.01. The average molecular weight is 216 g/mol. The monoisotopic (exact) mass is 216 g/mol. The summed E-state index contributed by atoms with van der Waals surface area (Å²) in [6.45, 7) is 0. The number of rotatable bonds is 1. The number of halogens is 1. The summed E-state index contributed by atoms with van der Waals surface area (Å²) in [7, 11) is 0. The van der Waals surface area contributed by atoms with Crippen molar-refractivity contribution in [2.45, 2.75) is 6.42 Å². The van der Waals surface area contributed by atoms with E-state index in [0.717, 1.165) is 22.4 Å². The molecule has 3 N–H and O–H groups in total. The molecule has 1 aromatic heterocycles. The van der Waals surface area contributed by atoms with Crippen LogP contribution in [0, 0.1) is 5.82 Å². The summed E-state index contributed by atoms with van der Waals surface area (Å²) in [6.07, 6.45) is 0.673. The minimum atomic E-state index is -0.225. The van der Waals surface area contributed by atoms with E-state index < -0.39 is 0 Å². The lowest BCUT2D eigenvalue weighted by molar-refractivity contribution is 0.626. The number of nitrogen functional groups attached to an aromatic ring is 1. The summed E-state index contributed by atoms with van der Waals surface area (Å²) in [4.78, 5) is 0. The molecule has 0 fully saturated rings. The molecule has 2 aromatic rings. The molecular weight excluding hydrogens is 207 g/mol. The Morgan fingerprint density at radius 3 is 2.88 bits per heavy atom. The van der Waals surface area contributed by atoms with E-state index in [1.54, 1.807) is 6.07 Å². The number of hydrogen-bond donors (Lipinski definition) is 2. The van der Waals surface area contributed by atoms with Gasteiger partial charge in [-0.2, -0.15) is 0 Å². The lowest BCUT2D eigenvalue weighted by Crippen LogP contribution is -2.09. The van der Waals surface area contributed by atoms with Gasteiger partial charge in [-0.1, -0.05) is 0 Å². The first-order valence-corrected chi connectivity index (χ1v) is 4.90. The van der Waals surface area contributed by atoms with Gasteiger partial charge in [0.05, 0.1) is 5.69 Å². The van der Waals surface area contributed by atoms with Crippen LogP contribution in [0.4, 0.5) is 10.2 Å². The molecule has 5 heteroatoms. The van der Waals surface area contributed by atoms with E-state index >= 15 is 0 Å². The number of hydrogen-bond acceptors (Lipinski definition) is 4. The largest absolute Gasteiger partial charge is 0.307 e. The molecule has 0 aliphatic heterocycles. The van der Waals surface area contributed by atoms with E-state index in [4.69, 9.17) is 5.84 Å². The maximum Gasteiger partial charge on any atom is 0.162 e. The Labute approximate surface area is 91.3 Å². The van der Waals surface area contributed by atoms with Gasteiger partial charge in [0.25, 0.3) is 0 Å². The van der Waals surface area contributed by atoms with E-state index in [1.165, 1.54) is 12.1 Å². The highest BCUT2D eigenvalue weighted by molar-refractivity contribution is 5.73. The second-order valence-electron chi connectivity index (χ2n) is 3.73. The molecule has 0 radical (unpaired) electrons. The Morgan fingerprint density at radius 1 is 1.19 bits per heavy atom. The molecule has 0 bridgehead atoms. The second kappa shape index (κ2) is 3.24. The van der Waals surface area contributed by atoms with Gasteiger partial charge in [-0.25, -0.2) is 10.2 Å². The Hall–Kier alpha value is -2.01. The number of benzene rings is 1. The van der Waals surface area contributed by atoms with Crippen LogP contribution in [0.3, 0.4) is 0 Å². The second-order valence-corrected chi connectivity index (χ2v) is 3.73. The third kappa shape index (κ3) is 1.25. The van der Waals surface area contributed by atoms with Crippen LogP contribution in [0.2, 0.25) is 0 Å². The molecule has 0 saturated carbocycles. The number of nitrogens with two attached hydrogens (primary N) is 1. The fourth-order valence-electron chi connectivity index (χ4n) is 2.01. The van der Waals surface area contributed by atoms with E-state index in [9.17, 15) is 4.39 Å². The molecule has 1 aliphatic carbocycles. The minimum Gasteiger partial charge on any atom is -0.307 e. The first-order chi connectivity index (χ1) is 7.78. The Kier molecular flexibility index (Phi) is 1.87. The number of hydrazine groups is 1. The van der Waals surface area contributed by atoms with Crippen LogP contribution in [0.25, 0.3) is 11.3 Å². The third-order valence-electron chi connectivity index (χ3n) is 2.72. The number of nitrogens with zero attached hydrogens (tertiary/aromatic N) is 2. The predicted octanol–water partition coefficient (Wildman–Crippen LogP) is 1.47. The summed E-state index contributed by atoms with van der Waals surface area (Å²) in [5, 5.41) is 8.00. The van der Waals surface area contributed by atoms with Crippen LogP contribution in [-0.4, -0.2) is 10.2 Å². The molecule has 3 rings (SSSR count). The number of nitrogens with one attached hydrogen (secondary N) is 1. The first-order valence-electron chi connectivity index (χ1n) is 4.90. The van der Waals surface area contributed by atoms with Crippen molar-refractivity contribution in [1.82, 2.24) is 10.2 Å². The van der Waals surface area contributed by atoms with Gasteiger partial charge in [0.2, 0.25) is 0 Å². The highest BCUT2D eigenvalue weighted by Crippen LogP contribution is 2.35. The molecule has 0 amide bonds. The van der Waals surface area contributed by atoms with Crippen LogP contribution >= 0.6 is 0 Å². The summed E-state index contributed by atoms with van der Waals surface area (Å²) in [6, 6.07) is 6.54. The third-order valence-corrected chi connectivity index (χ3v) is 2.72. The van der Waals surface area contributed by atoms with Crippen LogP contribution in [-0.2, 0) is 6.42 Å². The zero-order valence-corrected chi connectivity index (χ0v) is 8.37. The van der Waals surface area contributed by atoms with Crippen LogP contribution in [0.5, 0.6) is 0 Å². The van der Waals surface area contributed by atoms with Gasteiger partial charge in [-0.05, 0) is 35.4 Å². The zero-order valence-electron chi connectivity index (χ0n) is 8.37. The highest BCUT2D eigenvalue weighted by Gasteiger charge is 2.21. The lowest BCUT2D eigenvalue weighted by atomic mass is 10.1. The molecule has 0 atom stereocenters. The van der Waals surface area contributed by atoms with Gasteiger partial charge in [-0.15, -0.1) is 10.2 Å². The lowest BCUT2D eigenvalue weighted by Gasteiger charge is -2.01. The molecule has 80 valence electrons. The van der Waals surface area contributed by atoms with E-state index in [1.807, 2.05) is 6.07 Å². The number of aromatic nitrogens is 2. The average Bonchev–Trinajstić information content (AvgIpc) is 2.64. The molecule has 16 heavy (non-hydrogen) atoms. The van der Waals surface area contributed by atoms with E-state index in [-0.39, 0.29) is 5.82 Å². The molecule has 4 nitrogen and oxygen atoms in total. The van der Waals surface area contributed by atoms with Crippen molar-refractivity contribution in [3.63, 3.8) is 0 Å². The van der Waals surface area contributed by atoms with Gasteiger partial charge in [-0.3, -0.25) is 0 Å². The molecule has 0 saturated heterocycles. The smallest absolute Gasteiger partial charge is 0.162 e. The molecule has 0 unspecified atom stereocenters. The Balaban J connectivity index is 2.16. The topological polar surface area (TPSA) is 63.8 Å². The fraction of sp³-hybridized carbons (Fsp3) is 0.0909. The molecule has 1 aromatic carbocycles. The summed E-state index contributed by atoms with van der Waals surface area (Å²) in [5.74, 6) is 5.56.